The number of halogens is 1. The monoisotopic (exact) mass is 415 g/mol. The summed E-state index contributed by atoms with van der Waals surface area (Å²) in [5.74, 6) is -0.142. The number of carbonyl (C=O) groups excluding carboxylic acids is 1. The van der Waals surface area contributed by atoms with Crippen molar-refractivity contribution in [1.82, 2.24) is 9.29 Å². The molecule has 0 aliphatic carbocycles. The lowest BCUT2D eigenvalue weighted by molar-refractivity contribution is -0.917. The van der Waals surface area contributed by atoms with Crippen molar-refractivity contribution in [3.8, 4) is 0 Å². The van der Waals surface area contributed by atoms with Crippen molar-refractivity contribution in [2.75, 3.05) is 31.5 Å². The van der Waals surface area contributed by atoms with Crippen LogP contribution in [0.4, 0.5) is 5.13 Å². The SMILES string of the molecule is CC(=O)Nc1nc(C[NH+]2CCN(S(=O)(=O)c3ccccc3Cl)CC2)cs1. The van der Waals surface area contributed by atoms with Gasteiger partial charge in [0, 0.05) is 12.3 Å². The molecule has 1 fully saturated rings. The Labute approximate surface area is 161 Å². The van der Waals surface area contributed by atoms with Gasteiger partial charge in [-0.25, -0.2) is 13.4 Å². The summed E-state index contributed by atoms with van der Waals surface area (Å²) in [4.78, 5) is 16.9. The third-order valence-corrected chi connectivity index (χ3v) is 7.35. The summed E-state index contributed by atoms with van der Waals surface area (Å²) in [6.45, 7) is 4.41. The Morgan fingerprint density at radius 2 is 2.04 bits per heavy atom. The van der Waals surface area contributed by atoms with Gasteiger partial charge in [0.15, 0.2) is 5.13 Å². The second-order valence-electron chi connectivity index (χ2n) is 6.09. The number of sulfonamides is 1. The summed E-state index contributed by atoms with van der Waals surface area (Å²) >= 11 is 7.45. The molecule has 10 heteroatoms. The standard InChI is InChI=1S/C16H19ClN4O3S2/c1-12(22)18-16-19-13(11-25-16)10-20-6-8-21(9-7-20)26(23,24)15-5-3-2-4-14(15)17/h2-5,11H,6-10H2,1H3,(H,18,19,22)/p+1. The average Bonchev–Trinajstić information content (AvgIpc) is 3.01. The van der Waals surface area contributed by atoms with Crippen LogP contribution in [-0.2, 0) is 21.4 Å². The zero-order chi connectivity index (χ0) is 18.7. The van der Waals surface area contributed by atoms with Gasteiger partial charge < -0.3 is 10.2 Å². The lowest BCUT2D eigenvalue weighted by Crippen LogP contribution is -3.13. The summed E-state index contributed by atoms with van der Waals surface area (Å²) in [5, 5.41) is 5.43. The fraction of sp³-hybridized carbons (Fsp3) is 0.375. The molecule has 0 unspecified atom stereocenters. The molecule has 0 saturated carbocycles. The van der Waals surface area contributed by atoms with Gasteiger partial charge in [-0.15, -0.1) is 11.3 Å². The smallest absolute Gasteiger partial charge is 0.244 e. The Kier molecular flexibility index (Phi) is 5.93. The van der Waals surface area contributed by atoms with Crippen molar-refractivity contribution in [2.24, 2.45) is 0 Å². The van der Waals surface area contributed by atoms with Crippen molar-refractivity contribution >= 4 is 44.0 Å². The molecule has 7 nitrogen and oxygen atoms in total. The normalized spacial score (nSPS) is 16.5. The number of aromatic nitrogens is 1. The number of quaternary nitrogens is 1. The van der Waals surface area contributed by atoms with E-state index in [0.717, 1.165) is 5.69 Å². The van der Waals surface area contributed by atoms with Gasteiger partial charge in [0.05, 0.1) is 31.2 Å². The summed E-state index contributed by atoms with van der Waals surface area (Å²) < 4.78 is 27.0. The first-order valence-corrected chi connectivity index (χ1v) is 10.9. The molecule has 140 valence electrons. The van der Waals surface area contributed by atoms with Crippen LogP contribution in [0.1, 0.15) is 12.6 Å². The molecule has 26 heavy (non-hydrogen) atoms. The molecule has 1 saturated heterocycles. The van der Waals surface area contributed by atoms with Crippen LogP contribution in [0, 0.1) is 0 Å². The number of nitrogens with zero attached hydrogens (tertiary/aromatic N) is 2. The highest BCUT2D eigenvalue weighted by molar-refractivity contribution is 7.89. The van der Waals surface area contributed by atoms with E-state index < -0.39 is 10.0 Å². The maximum absolute atomic E-state index is 12.8. The average molecular weight is 416 g/mol. The molecule has 1 aromatic carbocycles. The number of nitrogens with one attached hydrogen (secondary N) is 2. The summed E-state index contributed by atoms with van der Waals surface area (Å²) in [5.41, 5.74) is 0.899. The summed E-state index contributed by atoms with van der Waals surface area (Å²) in [6, 6.07) is 6.52. The second-order valence-corrected chi connectivity index (χ2v) is 9.26. The molecule has 1 amide bonds. The molecule has 1 aliphatic rings. The highest BCUT2D eigenvalue weighted by Gasteiger charge is 2.31. The van der Waals surface area contributed by atoms with Crippen LogP contribution < -0.4 is 10.2 Å². The minimum absolute atomic E-state index is 0.142. The molecule has 0 bridgehead atoms. The summed E-state index contributed by atoms with van der Waals surface area (Å²) in [7, 11) is -3.57. The topological polar surface area (TPSA) is 83.8 Å². The van der Waals surface area contributed by atoms with E-state index >= 15 is 0 Å². The van der Waals surface area contributed by atoms with Crippen molar-refractivity contribution in [1.29, 1.82) is 0 Å². The third kappa shape index (κ3) is 4.41. The van der Waals surface area contributed by atoms with Crippen molar-refractivity contribution in [3.63, 3.8) is 0 Å². The quantitative estimate of drug-likeness (QED) is 0.758. The van der Waals surface area contributed by atoms with Gasteiger partial charge in [0.2, 0.25) is 15.9 Å². The first-order chi connectivity index (χ1) is 12.4. The van der Waals surface area contributed by atoms with E-state index in [9.17, 15) is 13.2 Å². The van der Waals surface area contributed by atoms with E-state index in [0.29, 0.717) is 37.9 Å². The first kappa shape index (κ1) is 19.2. The van der Waals surface area contributed by atoms with Crippen LogP contribution in [0.25, 0.3) is 0 Å². The predicted molar refractivity (Wildman–Crippen MR) is 101 cm³/mol. The predicted octanol–water partition coefficient (Wildman–Crippen LogP) is 0.844. The Bertz CT molecular complexity index is 892. The molecule has 0 spiro atoms. The number of carbonyl (C=O) groups is 1. The number of hydrogen-bond acceptors (Lipinski definition) is 5. The van der Waals surface area contributed by atoms with Crippen molar-refractivity contribution in [3.05, 3.63) is 40.4 Å². The highest BCUT2D eigenvalue weighted by Crippen LogP contribution is 2.24. The maximum Gasteiger partial charge on any atom is 0.244 e. The minimum Gasteiger partial charge on any atom is -0.328 e. The first-order valence-electron chi connectivity index (χ1n) is 8.16. The maximum atomic E-state index is 12.8. The van der Waals surface area contributed by atoms with E-state index in [2.05, 4.69) is 10.3 Å². The van der Waals surface area contributed by atoms with Gasteiger partial charge in [0.25, 0.3) is 0 Å². The second kappa shape index (κ2) is 8.01. The zero-order valence-electron chi connectivity index (χ0n) is 14.2. The zero-order valence-corrected chi connectivity index (χ0v) is 16.6. The lowest BCUT2D eigenvalue weighted by atomic mass is 10.3. The van der Waals surface area contributed by atoms with Crippen LogP contribution >= 0.6 is 22.9 Å². The Morgan fingerprint density at radius 3 is 2.69 bits per heavy atom. The number of benzene rings is 1. The molecule has 0 radical (unpaired) electrons. The van der Waals surface area contributed by atoms with Gasteiger partial charge in [-0.3, -0.25) is 4.79 Å². The third-order valence-electron chi connectivity index (χ3n) is 4.15. The van der Waals surface area contributed by atoms with Crippen molar-refractivity contribution in [2.45, 2.75) is 18.4 Å². The molecule has 0 atom stereocenters. The number of piperazine rings is 1. The van der Waals surface area contributed by atoms with Gasteiger partial charge in [-0.05, 0) is 12.1 Å². The number of hydrogen-bond donors (Lipinski definition) is 2. The van der Waals surface area contributed by atoms with Gasteiger partial charge in [-0.2, -0.15) is 4.31 Å². The van der Waals surface area contributed by atoms with Crippen LogP contribution in [0.2, 0.25) is 5.02 Å². The van der Waals surface area contributed by atoms with Crippen LogP contribution in [-0.4, -0.2) is 49.8 Å². The Balaban J connectivity index is 1.60. The summed E-state index contributed by atoms with van der Waals surface area (Å²) in [6.07, 6.45) is 0. The molecule has 2 N–H and O–H groups in total. The largest absolute Gasteiger partial charge is 0.328 e. The van der Waals surface area contributed by atoms with E-state index in [4.69, 9.17) is 11.6 Å². The Hall–Kier alpha value is -1.52. The van der Waals surface area contributed by atoms with E-state index in [-0.39, 0.29) is 15.8 Å². The number of amides is 1. The molecule has 3 rings (SSSR count). The van der Waals surface area contributed by atoms with Crippen LogP contribution in [0.5, 0.6) is 0 Å². The van der Waals surface area contributed by atoms with Gasteiger partial charge in [-0.1, -0.05) is 23.7 Å². The van der Waals surface area contributed by atoms with Gasteiger partial charge >= 0.3 is 0 Å². The number of rotatable bonds is 5. The minimum atomic E-state index is -3.57. The van der Waals surface area contributed by atoms with Gasteiger partial charge in [0.1, 0.15) is 17.1 Å². The van der Waals surface area contributed by atoms with E-state index in [1.54, 1.807) is 18.2 Å². The van der Waals surface area contributed by atoms with Crippen LogP contribution in [0.15, 0.2) is 34.5 Å². The number of anilines is 1. The highest BCUT2D eigenvalue weighted by atomic mass is 35.5. The molecule has 1 aliphatic heterocycles. The fourth-order valence-corrected chi connectivity index (χ4v) is 5.56. The van der Waals surface area contributed by atoms with Crippen LogP contribution in [0.3, 0.4) is 0 Å². The molecule has 2 heterocycles. The Morgan fingerprint density at radius 1 is 1.35 bits per heavy atom. The van der Waals surface area contributed by atoms with E-state index in [1.807, 2.05) is 5.38 Å². The molecular formula is C16H20ClN4O3S2+. The molecule has 2 aromatic rings. The molecular weight excluding hydrogens is 396 g/mol. The molecule has 1 aromatic heterocycles. The lowest BCUT2D eigenvalue weighted by Gasteiger charge is -2.31. The van der Waals surface area contributed by atoms with E-state index in [1.165, 1.54) is 33.5 Å². The van der Waals surface area contributed by atoms with Crippen molar-refractivity contribution < 1.29 is 18.1 Å². The fourth-order valence-electron chi connectivity index (χ4n) is 2.86. The number of thiazole rings is 1.